The van der Waals surface area contributed by atoms with E-state index in [1.807, 2.05) is 54.3 Å². The van der Waals surface area contributed by atoms with Gasteiger partial charge >= 0.3 is 6.97 Å². The minimum absolute atomic E-state index is 0.00433. The van der Waals surface area contributed by atoms with Crippen LogP contribution >= 0.6 is 0 Å². The summed E-state index contributed by atoms with van der Waals surface area (Å²) in [5, 5.41) is 2.91. The van der Waals surface area contributed by atoms with E-state index < -0.39 is 12.5 Å². The van der Waals surface area contributed by atoms with Crippen LogP contribution in [0.2, 0.25) is 0 Å². The van der Waals surface area contributed by atoms with E-state index in [2.05, 4.69) is 27.2 Å². The monoisotopic (exact) mass is 788 g/mol. The van der Waals surface area contributed by atoms with Gasteiger partial charge in [0.05, 0.1) is 6.67 Å². The zero-order valence-corrected chi connectivity index (χ0v) is 33.0. The smallest absolute Gasteiger partial charge is 0.394 e. The van der Waals surface area contributed by atoms with Crippen molar-refractivity contribution in [2.75, 3.05) is 43.1 Å². The van der Waals surface area contributed by atoms with Crippen LogP contribution in [-0.4, -0.2) is 87.4 Å². The number of halogens is 3. The first kappa shape index (κ1) is 39.2. The first-order valence-electron chi connectivity index (χ1n) is 20.2. The van der Waals surface area contributed by atoms with E-state index in [1.165, 1.54) is 24.3 Å². The Balaban J connectivity index is 0.844. The van der Waals surface area contributed by atoms with E-state index in [4.69, 9.17) is 0 Å². The van der Waals surface area contributed by atoms with E-state index in [9.17, 15) is 18.8 Å². The van der Waals surface area contributed by atoms with Crippen LogP contribution in [0.5, 0.6) is 0 Å². The van der Waals surface area contributed by atoms with Crippen molar-refractivity contribution < 1.29 is 31.9 Å². The van der Waals surface area contributed by atoms with Gasteiger partial charge in [-0.1, -0.05) is 30.3 Å². The fourth-order valence-corrected chi connectivity index (χ4v) is 9.14. The molecule has 58 heavy (non-hydrogen) atoms. The zero-order chi connectivity index (χ0) is 40.6. The second-order valence-corrected chi connectivity index (χ2v) is 16.0. The van der Waals surface area contributed by atoms with Gasteiger partial charge < -0.3 is 37.6 Å². The summed E-state index contributed by atoms with van der Waals surface area (Å²) in [6.45, 7) is 2.72. The fourth-order valence-electron chi connectivity index (χ4n) is 9.14. The molecule has 2 fully saturated rings. The van der Waals surface area contributed by atoms with Crippen LogP contribution in [0.3, 0.4) is 0 Å². The maximum absolute atomic E-state index is 15.8. The number of carbonyl (C=O) groups is 3. The third-order valence-corrected chi connectivity index (χ3v) is 12.2. The van der Waals surface area contributed by atoms with Gasteiger partial charge in [-0.2, -0.15) is 0 Å². The van der Waals surface area contributed by atoms with Gasteiger partial charge in [0.25, 0.3) is 0 Å². The molecule has 5 heterocycles. The minimum atomic E-state index is -4.08. The Hall–Kier alpha value is -5.69. The lowest BCUT2D eigenvalue weighted by atomic mass is 9.85. The fraction of sp³-hybridized carbons (Fsp3) is 0.333. The summed E-state index contributed by atoms with van der Waals surface area (Å²) in [4.78, 5) is 46.4. The van der Waals surface area contributed by atoms with Gasteiger partial charge in [0.2, 0.25) is 11.8 Å². The number of hydrogen-bond acceptors (Lipinski definition) is 5. The number of allylic oxidation sites excluding steroid dienone is 2. The maximum Gasteiger partial charge on any atom is 0.737 e. The molecule has 3 aromatic carbocycles. The van der Waals surface area contributed by atoms with Crippen LogP contribution in [0, 0.1) is 19.7 Å². The number of para-hydroxylation sites is 1. The van der Waals surface area contributed by atoms with Gasteiger partial charge in [0.15, 0.2) is 11.5 Å². The molecule has 0 radical (unpaired) electrons. The van der Waals surface area contributed by atoms with E-state index in [0.29, 0.717) is 79.4 Å². The van der Waals surface area contributed by atoms with Crippen LogP contribution < -0.4 is 10.2 Å². The Labute approximate surface area is 337 Å². The molecule has 1 N–H and O–H groups in total. The quantitative estimate of drug-likeness (QED) is 0.112. The summed E-state index contributed by atoms with van der Waals surface area (Å²) in [7, 11) is 0. The summed E-state index contributed by atoms with van der Waals surface area (Å²) in [6, 6.07) is 25.1. The highest BCUT2D eigenvalue weighted by atomic mass is 19.2. The summed E-state index contributed by atoms with van der Waals surface area (Å²) in [5.74, 6) is -0.482. The molecule has 4 aliphatic rings. The molecule has 0 bridgehead atoms. The molecule has 0 saturated carbocycles. The number of amides is 2. The normalized spacial score (nSPS) is 18.2. The average Bonchev–Trinajstić information content (AvgIpc) is 3.86. The number of rotatable bonds is 13. The SMILES string of the molecule is Cc1cc(C)n2c1C=C1C=CC(CCC(=O)Nc3ccc(CCN4CN(c5ccccc5)C5(CCN(CCCC(=O)c6ccc(F)cc6)CC5)C4=O)cc3)=[N+]1[B-]2(F)F. The van der Waals surface area contributed by atoms with Crippen LogP contribution in [0.25, 0.3) is 6.08 Å². The van der Waals surface area contributed by atoms with Crippen molar-refractivity contribution in [2.24, 2.45) is 0 Å². The number of aromatic nitrogens is 1. The van der Waals surface area contributed by atoms with Crippen molar-refractivity contribution in [3.05, 3.63) is 137 Å². The second kappa shape index (κ2) is 15.9. The summed E-state index contributed by atoms with van der Waals surface area (Å²) >= 11 is 0. The molecule has 2 saturated heterocycles. The van der Waals surface area contributed by atoms with Crippen LogP contribution in [0.4, 0.5) is 24.4 Å². The number of benzene rings is 3. The molecule has 0 atom stereocenters. The number of piperidine rings is 1. The number of anilines is 2. The molecule has 4 aromatic rings. The van der Waals surface area contributed by atoms with Gasteiger partial charge in [-0.05, 0) is 117 Å². The Bertz CT molecular complexity index is 2310. The Morgan fingerprint density at radius 3 is 2.33 bits per heavy atom. The third-order valence-electron chi connectivity index (χ3n) is 12.2. The molecular formula is C45H48BF3N6O3. The Morgan fingerprint density at radius 1 is 0.879 bits per heavy atom. The Kier molecular flexibility index (Phi) is 10.8. The summed E-state index contributed by atoms with van der Waals surface area (Å²) in [5.41, 5.74) is 5.23. The maximum atomic E-state index is 15.8. The van der Waals surface area contributed by atoms with Gasteiger partial charge in [-0.3, -0.25) is 14.4 Å². The topological polar surface area (TPSA) is 80.9 Å². The third kappa shape index (κ3) is 7.55. The summed E-state index contributed by atoms with van der Waals surface area (Å²) in [6.07, 6.45) is 8.47. The highest BCUT2D eigenvalue weighted by Crippen LogP contribution is 2.40. The molecule has 9 nitrogen and oxygen atoms in total. The zero-order valence-electron chi connectivity index (χ0n) is 33.0. The van der Waals surface area contributed by atoms with E-state index in [1.54, 1.807) is 31.2 Å². The largest absolute Gasteiger partial charge is 0.737 e. The van der Waals surface area contributed by atoms with Gasteiger partial charge in [0, 0.05) is 79.8 Å². The average molecular weight is 789 g/mol. The number of Topliss-reactive ketones (excluding diaryl/α,β-unsaturated/α-hetero) is 1. The lowest BCUT2D eigenvalue weighted by molar-refractivity contribution is -0.362. The molecular weight excluding hydrogens is 740 g/mol. The molecule has 1 spiro atoms. The molecule has 300 valence electrons. The lowest BCUT2D eigenvalue weighted by Gasteiger charge is -2.43. The number of hydrogen-bond donors (Lipinski definition) is 1. The van der Waals surface area contributed by atoms with Crippen LogP contribution in [0.1, 0.15) is 71.4 Å². The molecule has 4 aliphatic heterocycles. The highest BCUT2D eigenvalue weighted by Gasteiger charge is 2.54. The second-order valence-electron chi connectivity index (χ2n) is 16.0. The molecule has 13 heteroatoms. The standard InChI is InChI=1S/C45H48BF3N6O3/c1-32-29-33(2)54-41(32)30-40-19-18-39(55(40)46(54,48)49)20-21-43(57)50-37-16-10-34(11-17-37)22-26-52-31-53(38-7-4-3-5-8-38)45(44(52)58)23-27-51(28-24-45)25-6-9-42(56)35-12-14-36(47)15-13-35/h3-5,7-8,10-19,29-30H,6,9,20-28,31H2,1-2H3,(H,50,57). The van der Waals surface area contributed by atoms with Crippen LogP contribution in [-0.2, 0) is 16.0 Å². The number of likely N-dealkylation sites (tertiary alicyclic amines) is 1. The van der Waals surface area contributed by atoms with E-state index in [-0.39, 0.29) is 36.3 Å². The van der Waals surface area contributed by atoms with Crippen molar-refractivity contribution in [3.8, 4) is 0 Å². The first-order chi connectivity index (χ1) is 27.9. The first-order valence-corrected chi connectivity index (χ1v) is 20.2. The molecule has 8 rings (SSSR count). The lowest BCUT2D eigenvalue weighted by Crippen LogP contribution is -2.56. The number of aryl methyl sites for hydroxylation is 2. The van der Waals surface area contributed by atoms with Crippen molar-refractivity contribution >= 4 is 47.7 Å². The number of nitrogens with zero attached hydrogens (tertiary/aromatic N) is 5. The van der Waals surface area contributed by atoms with Crippen molar-refractivity contribution in [1.82, 2.24) is 14.3 Å². The van der Waals surface area contributed by atoms with Crippen LogP contribution in [0.15, 0.2) is 103 Å². The number of ketones is 1. The predicted molar refractivity (Wildman–Crippen MR) is 222 cm³/mol. The molecule has 0 aliphatic carbocycles. The molecule has 0 unspecified atom stereocenters. The van der Waals surface area contributed by atoms with Crippen molar-refractivity contribution in [3.63, 3.8) is 0 Å². The minimum Gasteiger partial charge on any atom is -0.394 e. The van der Waals surface area contributed by atoms with Gasteiger partial charge in [-0.25, -0.2) is 4.39 Å². The van der Waals surface area contributed by atoms with Crippen molar-refractivity contribution in [1.29, 1.82) is 0 Å². The molecule has 2 amide bonds. The predicted octanol–water partition coefficient (Wildman–Crippen LogP) is 7.61. The number of nitrogens with one attached hydrogen (secondary N) is 1. The van der Waals surface area contributed by atoms with Crippen molar-refractivity contribution in [2.45, 2.75) is 64.3 Å². The van der Waals surface area contributed by atoms with Gasteiger partial charge in [0.1, 0.15) is 17.1 Å². The highest BCUT2D eigenvalue weighted by molar-refractivity contribution is 6.58. The van der Waals surface area contributed by atoms with E-state index >= 15 is 8.63 Å². The number of fused-ring (bicyclic) bond motifs is 2. The molecule has 1 aromatic heterocycles. The Morgan fingerprint density at radius 2 is 1.60 bits per heavy atom. The number of carbonyl (C=O) groups excluding carboxylic acids is 3. The summed E-state index contributed by atoms with van der Waals surface area (Å²) < 4.78 is 47.1. The van der Waals surface area contributed by atoms with E-state index in [0.717, 1.165) is 45.4 Å². The van der Waals surface area contributed by atoms with Gasteiger partial charge in [-0.15, -0.1) is 0 Å².